The summed E-state index contributed by atoms with van der Waals surface area (Å²) < 4.78 is 13.6. The summed E-state index contributed by atoms with van der Waals surface area (Å²) in [5.74, 6) is 0.629. The molecule has 28 heavy (non-hydrogen) atoms. The molecule has 3 aromatic rings. The Hall–Kier alpha value is -2.84. The van der Waals surface area contributed by atoms with Gasteiger partial charge in [-0.2, -0.15) is 0 Å². The van der Waals surface area contributed by atoms with Gasteiger partial charge in [0.25, 0.3) is 0 Å². The molecule has 0 spiro atoms. The molecule has 2 aliphatic heterocycles. The molecule has 2 heteroatoms. The molecule has 3 atom stereocenters. The van der Waals surface area contributed by atoms with Crippen LogP contribution in [-0.4, -0.2) is 0 Å². The van der Waals surface area contributed by atoms with E-state index in [4.69, 9.17) is 9.47 Å². The van der Waals surface area contributed by atoms with Crippen LogP contribution >= 0.6 is 0 Å². The monoisotopic (exact) mass is 368 g/mol. The summed E-state index contributed by atoms with van der Waals surface area (Å²) >= 11 is 0. The minimum atomic E-state index is -0.741. The first kappa shape index (κ1) is 17.3. The maximum Gasteiger partial charge on any atom is 0.238 e. The quantitative estimate of drug-likeness (QED) is 0.544. The highest BCUT2D eigenvalue weighted by Crippen LogP contribution is 2.60. The Morgan fingerprint density at radius 2 is 1.32 bits per heavy atom. The van der Waals surface area contributed by atoms with Crippen LogP contribution in [0.25, 0.3) is 6.08 Å². The average Bonchev–Trinajstić information content (AvgIpc) is 2.98. The topological polar surface area (TPSA) is 18.5 Å². The van der Waals surface area contributed by atoms with E-state index in [-0.39, 0.29) is 0 Å². The van der Waals surface area contributed by atoms with Crippen LogP contribution in [0.5, 0.6) is 0 Å². The highest BCUT2D eigenvalue weighted by Gasteiger charge is 2.61. The van der Waals surface area contributed by atoms with Gasteiger partial charge in [0, 0.05) is 12.0 Å². The normalized spacial score (nSPS) is 30.2. The third-order valence-corrected chi connectivity index (χ3v) is 5.82. The molecular weight excluding hydrogens is 344 g/mol. The van der Waals surface area contributed by atoms with Gasteiger partial charge in [0.15, 0.2) is 5.60 Å². The fourth-order valence-corrected chi connectivity index (χ4v) is 4.66. The fraction of sp³-hybridized carbons (Fsp3) is 0.231. The number of hydrogen-bond donors (Lipinski definition) is 0. The van der Waals surface area contributed by atoms with E-state index in [9.17, 15) is 0 Å². The maximum absolute atomic E-state index is 6.91. The third-order valence-electron chi connectivity index (χ3n) is 5.82. The maximum atomic E-state index is 6.91. The molecule has 0 radical (unpaired) electrons. The second-order valence-electron chi connectivity index (χ2n) is 7.95. The summed E-state index contributed by atoms with van der Waals surface area (Å²) in [6.07, 6.45) is 3.90. The molecule has 2 fully saturated rings. The Morgan fingerprint density at radius 3 is 1.96 bits per heavy atom. The van der Waals surface area contributed by atoms with Crippen molar-refractivity contribution >= 4 is 6.08 Å². The second-order valence-corrected chi connectivity index (χ2v) is 7.95. The molecule has 140 valence electrons. The summed E-state index contributed by atoms with van der Waals surface area (Å²) in [7, 11) is 0. The molecule has 0 amide bonds. The van der Waals surface area contributed by atoms with Crippen molar-refractivity contribution < 1.29 is 9.47 Å². The molecule has 0 saturated carbocycles. The van der Waals surface area contributed by atoms with Crippen LogP contribution < -0.4 is 0 Å². The van der Waals surface area contributed by atoms with Crippen LogP contribution in [0.2, 0.25) is 0 Å². The summed E-state index contributed by atoms with van der Waals surface area (Å²) in [4.78, 5) is 0. The summed E-state index contributed by atoms with van der Waals surface area (Å²) in [6, 6.07) is 31.2. The lowest BCUT2D eigenvalue weighted by atomic mass is 9.78. The van der Waals surface area contributed by atoms with Crippen LogP contribution in [0.15, 0.2) is 96.8 Å². The zero-order chi connectivity index (χ0) is 19.0. The first-order valence-corrected chi connectivity index (χ1v) is 9.98. The fourth-order valence-electron chi connectivity index (χ4n) is 4.66. The summed E-state index contributed by atoms with van der Waals surface area (Å²) in [5.41, 5.74) is 2.80. The molecule has 0 aromatic heterocycles. The van der Waals surface area contributed by atoms with Crippen LogP contribution in [0, 0.1) is 5.92 Å². The van der Waals surface area contributed by atoms with Gasteiger partial charge >= 0.3 is 0 Å². The van der Waals surface area contributed by atoms with Crippen molar-refractivity contribution in [3.05, 3.63) is 113 Å². The molecule has 2 saturated heterocycles. The Morgan fingerprint density at radius 1 is 0.750 bits per heavy atom. The number of benzene rings is 3. The van der Waals surface area contributed by atoms with Gasteiger partial charge in [0.1, 0.15) is 5.76 Å². The first-order valence-electron chi connectivity index (χ1n) is 9.98. The molecule has 2 nitrogen and oxygen atoms in total. The van der Waals surface area contributed by atoms with E-state index in [1.165, 1.54) is 0 Å². The number of ether oxygens (including phenoxy) is 2. The van der Waals surface area contributed by atoms with Gasteiger partial charge in [0.05, 0.1) is 0 Å². The molecule has 3 aromatic carbocycles. The van der Waals surface area contributed by atoms with E-state index >= 15 is 0 Å². The Kier molecular flexibility index (Phi) is 4.10. The zero-order valence-electron chi connectivity index (χ0n) is 16.0. The Labute approximate surface area is 166 Å². The van der Waals surface area contributed by atoms with Gasteiger partial charge < -0.3 is 9.47 Å². The lowest BCUT2D eigenvalue weighted by Crippen LogP contribution is -2.41. The highest BCUT2D eigenvalue weighted by molar-refractivity contribution is 5.56. The van der Waals surface area contributed by atoms with Gasteiger partial charge in [0.2, 0.25) is 5.79 Å². The van der Waals surface area contributed by atoms with Crippen LogP contribution in [-0.2, 0) is 20.9 Å². The van der Waals surface area contributed by atoms with Gasteiger partial charge in [-0.15, -0.1) is 0 Å². The van der Waals surface area contributed by atoms with Crippen molar-refractivity contribution in [3.8, 4) is 0 Å². The predicted octanol–water partition coefficient (Wildman–Crippen LogP) is 6.25. The molecule has 0 N–H and O–H groups in total. The highest BCUT2D eigenvalue weighted by atomic mass is 16.8. The molecule has 2 aliphatic rings. The molecular formula is C26H24O2. The van der Waals surface area contributed by atoms with Crippen LogP contribution in [0.3, 0.4) is 0 Å². The third kappa shape index (κ3) is 2.76. The lowest BCUT2D eigenvalue weighted by Gasteiger charge is -2.40. The zero-order valence-corrected chi connectivity index (χ0v) is 16.0. The minimum Gasteiger partial charge on any atom is -0.459 e. The lowest BCUT2D eigenvalue weighted by molar-refractivity contribution is -0.234. The minimum absolute atomic E-state index is 0.468. The van der Waals surface area contributed by atoms with Crippen molar-refractivity contribution in [2.75, 3.05) is 0 Å². The Bertz CT molecular complexity index is 981. The van der Waals surface area contributed by atoms with Gasteiger partial charge in [-0.05, 0) is 29.5 Å². The second kappa shape index (κ2) is 6.65. The van der Waals surface area contributed by atoms with Crippen molar-refractivity contribution in [1.82, 2.24) is 0 Å². The Balaban J connectivity index is 1.70. The molecule has 5 rings (SSSR count). The summed E-state index contributed by atoms with van der Waals surface area (Å²) in [6.45, 7) is 2.30. The number of fused-ring (bicyclic) bond motifs is 2. The van der Waals surface area contributed by atoms with E-state index in [0.717, 1.165) is 35.3 Å². The standard InChI is InChI=1S/C26H24O2/c1-20-18-25(22-13-7-3-8-14-22)24(17-21-11-5-2-6-12-21)27-26(19-20,28-25)23-15-9-4-10-16-23/h2-17,20H,18-19H2,1H3/b24-17-/t20-,25-,26+/m1/s1. The van der Waals surface area contributed by atoms with Crippen LogP contribution in [0.4, 0.5) is 0 Å². The average molecular weight is 368 g/mol. The molecule has 2 bridgehead atoms. The molecule has 2 heterocycles. The largest absolute Gasteiger partial charge is 0.459 e. The SMILES string of the molecule is C[C@H]1C[C@]2(c3ccccc3)O/C(=C\c3ccccc3)[C@](c3ccccc3)(C1)O2. The molecule has 0 unspecified atom stereocenters. The molecule has 0 aliphatic carbocycles. The van der Waals surface area contributed by atoms with Crippen molar-refractivity contribution in [2.45, 2.75) is 31.2 Å². The van der Waals surface area contributed by atoms with Crippen molar-refractivity contribution in [3.63, 3.8) is 0 Å². The van der Waals surface area contributed by atoms with Crippen LogP contribution in [0.1, 0.15) is 36.5 Å². The van der Waals surface area contributed by atoms with E-state index < -0.39 is 11.4 Å². The van der Waals surface area contributed by atoms with E-state index in [2.05, 4.69) is 85.8 Å². The number of rotatable bonds is 3. The van der Waals surface area contributed by atoms with Gasteiger partial charge in [-0.3, -0.25) is 0 Å². The van der Waals surface area contributed by atoms with Crippen molar-refractivity contribution in [1.29, 1.82) is 0 Å². The number of hydrogen-bond acceptors (Lipinski definition) is 2. The van der Waals surface area contributed by atoms with E-state index in [1.807, 2.05) is 18.2 Å². The van der Waals surface area contributed by atoms with Gasteiger partial charge in [-0.1, -0.05) is 97.9 Å². The summed E-state index contributed by atoms with van der Waals surface area (Å²) in [5, 5.41) is 0. The smallest absolute Gasteiger partial charge is 0.238 e. The first-order chi connectivity index (χ1) is 13.7. The predicted molar refractivity (Wildman–Crippen MR) is 111 cm³/mol. The van der Waals surface area contributed by atoms with Crippen molar-refractivity contribution in [2.24, 2.45) is 5.92 Å². The van der Waals surface area contributed by atoms with Gasteiger partial charge in [-0.25, -0.2) is 0 Å². The van der Waals surface area contributed by atoms with E-state index in [1.54, 1.807) is 0 Å². The van der Waals surface area contributed by atoms with E-state index in [0.29, 0.717) is 5.92 Å².